The van der Waals surface area contributed by atoms with Gasteiger partial charge in [0.25, 0.3) is 0 Å². The van der Waals surface area contributed by atoms with Crippen molar-refractivity contribution < 1.29 is 4.79 Å². The van der Waals surface area contributed by atoms with Crippen LogP contribution in [0, 0.1) is 0 Å². The Morgan fingerprint density at radius 2 is 2.33 bits per heavy atom. The molecule has 0 heterocycles. The number of hydrogen-bond donors (Lipinski definition) is 2. The first-order valence-corrected chi connectivity index (χ1v) is 5.64. The van der Waals surface area contributed by atoms with Crippen LogP contribution in [0.5, 0.6) is 0 Å². The number of thioether (sulfide) groups is 1. The first-order valence-electron chi connectivity index (χ1n) is 4.25. The van der Waals surface area contributed by atoms with Crippen molar-refractivity contribution in [3.8, 4) is 0 Å². The number of amides is 1. The van der Waals surface area contributed by atoms with Crippen LogP contribution in [0.25, 0.3) is 0 Å². The molecule has 0 bridgehead atoms. The summed E-state index contributed by atoms with van der Waals surface area (Å²) in [4.78, 5) is 11.2. The Hall–Kier alpha value is -0.220. The monoisotopic (exact) mass is 188 g/mol. The summed E-state index contributed by atoms with van der Waals surface area (Å²) in [6.07, 6.45) is 4.79. The lowest BCUT2D eigenvalue weighted by atomic mass is 10.3. The minimum atomic E-state index is -0.501. The number of nitrogens with two attached hydrogens (primary N) is 1. The topological polar surface area (TPSA) is 55.1 Å². The van der Waals surface area contributed by atoms with Gasteiger partial charge in [-0.15, -0.1) is 0 Å². The zero-order valence-corrected chi connectivity index (χ0v) is 8.25. The van der Waals surface area contributed by atoms with Crippen LogP contribution in [-0.4, -0.2) is 30.0 Å². The molecule has 70 valence electrons. The molecule has 1 fully saturated rings. The standard InChI is InChI=1S/C8H16N2OS/c1-12-6-2-5-10-7(11)8(9)3-4-8/h2-6,9H2,1H3,(H,10,11). The average molecular weight is 188 g/mol. The van der Waals surface area contributed by atoms with Crippen LogP contribution < -0.4 is 11.1 Å². The van der Waals surface area contributed by atoms with Crippen LogP contribution >= 0.6 is 11.8 Å². The molecule has 1 saturated carbocycles. The SMILES string of the molecule is CSCCCNC(=O)C1(N)CC1. The smallest absolute Gasteiger partial charge is 0.240 e. The van der Waals surface area contributed by atoms with Gasteiger partial charge in [0.15, 0.2) is 0 Å². The van der Waals surface area contributed by atoms with Gasteiger partial charge >= 0.3 is 0 Å². The van der Waals surface area contributed by atoms with Crippen molar-refractivity contribution in [3.05, 3.63) is 0 Å². The molecule has 0 atom stereocenters. The van der Waals surface area contributed by atoms with Gasteiger partial charge in [-0.3, -0.25) is 4.79 Å². The fraction of sp³-hybridized carbons (Fsp3) is 0.875. The van der Waals surface area contributed by atoms with E-state index in [-0.39, 0.29) is 5.91 Å². The van der Waals surface area contributed by atoms with Crippen molar-refractivity contribution in [2.75, 3.05) is 18.6 Å². The van der Waals surface area contributed by atoms with Gasteiger partial charge in [0, 0.05) is 6.54 Å². The highest BCUT2D eigenvalue weighted by atomic mass is 32.2. The van der Waals surface area contributed by atoms with Crippen molar-refractivity contribution in [1.82, 2.24) is 5.32 Å². The molecule has 0 aromatic rings. The predicted molar refractivity (Wildman–Crippen MR) is 52.2 cm³/mol. The van der Waals surface area contributed by atoms with Gasteiger partial charge in [-0.1, -0.05) is 0 Å². The highest BCUT2D eigenvalue weighted by Gasteiger charge is 2.45. The molecular formula is C8H16N2OS. The Balaban J connectivity index is 2.03. The van der Waals surface area contributed by atoms with E-state index in [4.69, 9.17) is 5.73 Å². The second-order valence-corrected chi connectivity index (χ2v) is 4.24. The molecule has 0 spiro atoms. The number of nitrogens with one attached hydrogen (secondary N) is 1. The van der Waals surface area contributed by atoms with Crippen LogP contribution in [0.4, 0.5) is 0 Å². The third-order valence-electron chi connectivity index (χ3n) is 2.05. The summed E-state index contributed by atoms with van der Waals surface area (Å²) >= 11 is 1.79. The van der Waals surface area contributed by atoms with E-state index in [9.17, 15) is 4.79 Å². The Morgan fingerprint density at radius 3 is 2.83 bits per heavy atom. The lowest BCUT2D eigenvalue weighted by molar-refractivity contribution is -0.123. The van der Waals surface area contributed by atoms with E-state index in [1.807, 2.05) is 0 Å². The Kier molecular flexibility index (Phi) is 3.40. The second kappa shape index (κ2) is 4.14. The summed E-state index contributed by atoms with van der Waals surface area (Å²) in [5.41, 5.74) is 5.19. The summed E-state index contributed by atoms with van der Waals surface area (Å²) in [7, 11) is 0. The maximum absolute atomic E-state index is 11.2. The molecular weight excluding hydrogens is 172 g/mol. The van der Waals surface area contributed by atoms with Gasteiger partial charge in [-0.2, -0.15) is 11.8 Å². The van der Waals surface area contributed by atoms with E-state index in [0.717, 1.165) is 31.6 Å². The third kappa shape index (κ3) is 2.68. The normalized spacial score (nSPS) is 18.8. The molecule has 1 aliphatic carbocycles. The largest absolute Gasteiger partial charge is 0.354 e. The minimum absolute atomic E-state index is 0.0311. The van der Waals surface area contributed by atoms with Crippen LogP contribution in [0.3, 0.4) is 0 Å². The van der Waals surface area contributed by atoms with Crippen molar-refractivity contribution in [3.63, 3.8) is 0 Å². The third-order valence-corrected chi connectivity index (χ3v) is 2.75. The van der Waals surface area contributed by atoms with Gasteiger partial charge in [0.2, 0.25) is 5.91 Å². The molecule has 1 aliphatic rings. The maximum atomic E-state index is 11.2. The van der Waals surface area contributed by atoms with E-state index < -0.39 is 5.54 Å². The van der Waals surface area contributed by atoms with Gasteiger partial charge in [-0.25, -0.2) is 0 Å². The molecule has 0 aromatic heterocycles. The van der Waals surface area contributed by atoms with E-state index >= 15 is 0 Å². The number of carbonyl (C=O) groups excluding carboxylic acids is 1. The molecule has 0 aliphatic heterocycles. The summed E-state index contributed by atoms with van der Waals surface area (Å²) in [6.45, 7) is 0.763. The zero-order chi connectivity index (χ0) is 9.03. The van der Waals surface area contributed by atoms with Crippen molar-refractivity contribution in [1.29, 1.82) is 0 Å². The van der Waals surface area contributed by atoms with Crippen LogP contribution in [0.15, 0.2) is 0 Å². The van der Waals surface area contributed by atoms with E-state index in [2.05, 4.69) is 11.6 Å². The van der Waals surface area contributed by atoms with Crippen LogP contribution in [-0.2, 0) is 4.79 Å². The zero-order valence-electron chi connectivity index (χ0n) is 7.43. The molecule has 12 heavy (non-hydrogen) atoms. The van der Waals surface area contributed by atoms with Crippen LogP contribution in [0.2, 0.25) is 0 Å². The number of rotatable bonds is 5. The first kappa shape index (κ1) is 9.86. The van der Waals surface area contributed by atoms with E-state index in [0.29, 0.717) is 0 Å². The Morgan fingerprint density at radius 1 is 1.67 bits per heavy atom. The van der Waals surface area contributed by atoms with Gasteiger partial charge < -0.3 is 11.1 Å². The molecule has 0 unspecified atom stereocenters. The summed E-state index contributed by atoms with van der Waals surface area (Å²) < 4.78 is 0. The highest BCUT2D eigenvalue weighted by molar-refractivity contribution is 7.98. The lowest BCUT2D eigenvalue weighted by Gasteiger charge is -2.08. The first-order chi connectivity index (χ1) is 5.69. The van der Waals surface area contributed by atoms with E-state index in [1.54, 1.807) is 11.8 Å². The molecule has 0 aromatic carbocycles. The molecule has 4 heteroatoms. The lowest BCUT2D eigenvalue weighted by Crippen LogP contribution is -2.43. The summed E-state index contributed by atoms with van der Waals surface area (Å²) in [6, 6.07) is 0. The Labute approximate surface area is 77.5 Å². The molecule has 3 nitrogen and oxygen atoms in total. The summed E-state index contributed by atoms with van der Waals surface area (Å²) in [5, 5.41) is 2.84. The predicted octanol–water partition coefficient (Wildman–Crippen LogP) is 0.347. The number of carbonyl (C=O) groups is 1. The van der Waals surface area contributed by atoms with Gasteiger partial charge in [-0.05, 0) is 31.3 Å². The minimum Gasteiger partial charge on any atom is -0.354 e. The molecule has 1 amide bonds. The van der Waals surface area contributed by atoms with Gasteiger partial charge in [0.1, 0.15) is 0 Å². The molecule has 1 rings (SSSR count). The summed E-state index contributed by atoms with van der Waals surface area (Å²) in [5.74, 6) is 1.13. The van der Waals surface area contributed by atoms with E-state index in [1.165, 1.54) is 0 Å². The van der Waals surface area contributed by atoms with Crippen molar-refractivity contribution >= 4 is 17.7 Å². The van der Waals surface area contributed by atoms with Crippen molar-refractivity contribution in [2.45, 2.75) is 24.8 Å². The average Bonchev–Trinajstić information content (AvgIpc) is 2.78. The fourth-order valence-corrected chi connectivity index (χ4v) is 1.39. The second-order valence-electron chi connectivity index (χ2n) is 3.26. The number of hydrogen-bond acceptors (Lipinski definition) is 3. The molecule has 0 saturated heterocycles. The molecule has 0 radical (unpaired) electrons. The quantitative estimate of drug-likeness (QED) is 0.612. The van der Waals surface area contributed by atoms with Crippen LogP contribution in [0.1, 0.15) is 19.3 Å². The Bertz CT molecular complexity index is 168. The highest BCUT2D eigenvalue weighted by Crippen LogP contribution is 2.31. The maximum Gasteiger partial charge on any atom is 0.240 e. The molecule has 3 N–H and O–H groups in total. The van der Waals surface area contributed by atoms with Gasteiger partial charge in [0.05, 0.1) is 5.54 Å². The fourth-order valence-electron chi connectivity index (χ4n) is 0.956. The van der Waals surface area contributed by atoms with Crippen molar-refractivity contribution in [2.24, 2.45) is 5.73 Å².